The summed E-state index contributed by atoms with van der Waals surface area (Å²) in [5.74, 6) is 1.16. The molecule has 1 aliphatic rings. The highest BCUT2D eigenvalue weighted by molar-refractivity contribution is 5.95. The zero-order chi connectivity index (χ0) is 14.0. The molecule has 4 nitrogen and oxygen atoms in total. The number of hydrogen-bond donors (Lipinski definition) is 1. The Morgan fingerprint density at radius 3 is 2.68 bits per heavy atom. The third kappa shape index (κ3) is 2.59. The van der Waals surface area contributed by atoms with Crippen molar-refractivity contribution in [1.29, 1.82) is 0 Å². The molecule has 0 aromatic heterocycles. The Hall–Kier alpha value is -1.55. The van der Waals surface area contributed by atoms with Gasteiger partial charge in [0, 0.05) is 19.3 Å². The Morgan fingerprint density at radius 2 is 2.11 bits per heavy atom. The second-order valence-corrected chi connectivity index (χ2v) is 5.12. The molecule has 1 aliphatic heterocycles. The number of methoxy groups -OCH3 is 1. The zero-order valence-electron chi connectivity index (χ0n) is 12.1. The molecular formula is C15H22N2O2. The minimum atomic E-state index is 0.104. The van der Waals surface area contributed by atoms with Crippen molar-refractivity contribution < 1.29 is 9.53 Å². The van der Waals surface area contributed by atoms with Crippen LogP contribution in [0.25, 0.3) is 0 Å². The molecule has 1 saturated heterocycles. The molecule has 1 unspecified atom stereocenters. The number of ether oxygens (including phenoxy) is 1. The van der Waals surface area contributed by atoms with Crippen molar-refractivity contribution in [3.05, 3.63) is 23.3 Å². The SMILES string of the molecule is COc1ccc(N(C)C(=O)C2CCNC2)c(C)c1C. The average molecular weight is 262 g/mol. The summed E-state index contributed by atoms with van der Waals surface area (Å²) in [6, 6.07) is 3.88. The van der Waals surface area contributed by atoms with E-state index < -0.39 is 0 Å². The lowest BCUT2D eigenvalue weighted by atomic mass is 10.0. The van der Waals surface area contributed by atoms with Crippen molar-refractivity contribution in [3.63, 3.8) is 0 Å². The first kappa shape index (κ1) is 13.9. The number of amides is 1. The topological polar surface area (TPSA) is 41.6 Å². The molecule has 0 aliphatic carbocycles. The molecule has 2 rings (SSSR count). The molecule has 104 valence electrons. The van der Waals surface area contributed by atoms with Gasteiger partial charge in [-0.2, -0.15) is 0 Å². The maximum absolute atomic E-state index is 12.4. The van der Waals surface area contributed by atoms with Crippen molar-refractivity contribution in [2.45, 2.75) is 20.3 Å². The van der Waals surface area contributed by atoms with E-state index in [0.29, 0.717) is 0 Å². The quantitative estimate of drug-likeness (QED) is 0.904. The molecule has 0 bridgehead atoms. The summed E-state index contributed by atoms with van der Waals surface area (Å²) in [5.41, 5.74) is 3.15. The number of carbonyl (C=O) groups is 1. The minimum absolute atomic E-state index is 0.104. The van der Waals surface area contributed by atoms with Crippen molar-refractivity contribution >= 4 is 11.6 Å². The number of anilines is 1. The Kier molecular flexibility index (Phi) is 4.10. The molecular weight excluding hydrogens is 240 g/mol. The van der Waals surface area contributed by atoms with Gasteiger partial charge in [-0.05, 0) is 50.1 Å². The highest BCUT2D eigenvalue weighted by Crippen LogP contribution is 2.30. The lowest BCUT2D eigenvalue weighted by Crippen LogP contribution is -2.34. The van der Waals surface area contributed by atoms with E-state index in [0.717, 1.165) is 42.1 Å². The van der Waals surface area contributed by atoms with E-state index in [1.165, 1.54) is 0 Å². The van der Waals surface area contributed by atoms with Crippen LogP contribution < -0.4 is 15.0 Å². The first-order valence-corrected chi connectivity index (χ1v) is 6.68. The number of rotatable bonds is 3. The summed E-state index contributed by atoms with van der Waals surface area (Å²) in [7, 11) is 3.52. The van der Waals surface area contributed by atoms with Crippen LogP contribution in [0.5, 0.6) is 5.75 Å². The molecule has 19 heavy (non-hydrogen) atoms. The zero-order valence-corrected chi connectivity index (χ0v) is 12.1. The fourth-order valence-electron chi connectivity index (χ4n) is 2.62. The van der Waals surface area contributed by atoms with Crippen LogP contribution in [0.3, 0.4) is 0 Å². The van der Waals surface area contributed by atoms with Gasteiger partial charge in [0.05, 0.1) is 13.0 Å². The van der Waals surface area contributed by atoms with Gasteiger partial charge in [0.15, 0.2) is 0 Å². The molecule has 0 spiro atoms. The van der Waals surface area contributed by atoms with Gasteiger partial charge in [0.2, 0.25) is 5.91 Å². The van der Waals surface area contributed by atoms with E-state index >= 15 is 0 Å². The van der Waals surface area contributed by atoms with Gasteiger partial charge in [0.25, 0.3) is 0 Å². The van der Waals surface area contributed by atoms with Crippen molar-refractivity contribution in [3.8, 4) is 5.75 Å². The summed E-state index contributed by atoms with van der Waals surface area (Å²) in [6.45, 7) is 5.78. The predicted molar refractivity (Wildman–Crippen MR) is 76.9 cm³/mol. The average Bonchev–Trinajstić information content (AvgIpc) is 2.94. The number of nitrogens with zero attached hydrogens (tertiary/aromatic N) is 1. The van der Waals surface area contributed by atoms with Gasteiger partial charge in [-0.1, -0.05) is 0 Å². The summed E-state index contributed by atoms with van der Waals surface area (Å²) >= 11 is 0. The van der Waals surface area contributed by atoms with Crippen LogP contribution in [-0.4, -0.2) is 33.2 Å². The van der Waals surface area contributed by atoms with Gasteiger partial charge >= 0.3 is 0 Å². The Balaban J connectivity index is 2.26. The lowest BCUT2D eigenvalue weighted by molar-refractivity contribution is -0.121. The molecule has 1 fully saturated rings. The monoisotopic (exact) mass is 262 g/mol. The molecule has 1 N–H and O–H groups in total. The fraction of sp³-hybridized carbons (Fsp3) is 0.533. The maximum atomic E-state index is 12.4. The van der Waals surface area contributed by atoms with E-state index in [1.54, 1.807) is 12.0 Å². The first-order chi connectivity index (χ1) is 9.06. The maximum Gasteiger partial charge on any atom is 0.231 e. The lowest BCUT2D eigenvalue weighted by Gasteiger charge is -2.24. The van der Waals surface area contributed by atoms with Crippen molar-refractivity contribution in [2.24, 2.45) is 5.92 Å². The number of carbonyl (C=O) groups excluding carboxylic acids is 1. The van der Waals surface area contributed by atoms with Gasteiger partial charge < -0.3 is 15.0 Å². The standard InChI is InChI=1S/C15H22N2O2/c1-10-11(2)14(19-4)6-5-13(10)17(3)15(18)12-7-8-16-9-12/h5-6,12,16H,7-9H2,1-4H3. The number of benzene rings is 1. The summed E-state index contributed by atoms with van der Waals surface area (Å²) in [5, 5.41) is 3.24. The summed E-state index contributed by atoms with van der Waals surface area (Å²) in [6.07, 6.45) is 0.928. The largest absolute Gasteiger partial charge is 0.496 e. The summed E-state index contributed by atoms with van der Waals surface area (Å²) in [4.78, 5) is 14.2. The van der Waals surface area contributed by atoms with E-state index in [2.05, 4.69) is 5.32 Å². The highest BCUT2D eigenvalue weighted by atomic mass is 16.5. The van der Waals surface area contributed by atoms with Gasteiger partial charge in [-0.3, -0.25) is 4.79 Å². The molecule has 4 heteroatoms. The van der Waals surface area contributed by atoms with E-state index in [-0.39, 0.29) is 11.8 Å². The Bertz CT molecular complexity index is 479. The summed E-state index contributed by atoms with van der Waals surface area (Å²) < 4.78 is 5.31. The van der Waals surface area contributed by atoms with Crippen LogP contribution in [0.4, 0.5) is 5.69 Å². The Labute approximate surface area is 114 Å². The van der Waals surface area contributed by atoms with Gasteiger partial charge in [-0.25, -0.2) is 0 Å². The third-order valence-corrected chi connectivity index (χ3v) is 4.03. The van der Waals surface area contributed by atoms with Crippen molar-refractivity contribution in [2.75, 3.05) is 32.1 Å². The van der Waals surface area contributed by atoms with Crippen LogP contribution in [-0.2, 0) is 4.79 Å². The fourth-order valence-corrected chi connectivity index (χ4v) is 2.62. The number of hydrogen-bond acceptors (Lipinski definition) is 3. The van der Waals surface area contributed by atoms with Crippen molar-refractivity contribution in [1.82, 2.24) is 5.32 Å². The molecule has 1 atom stereocenters. The number of nitrogens with one attached hydrogen (secondary N) is 1. The molecule has 1 aromatic carbocycles. The predicted octanol–water partition coefficient (Wildman–Crippen LogP) is 1.88. The second-order valence-electron chi connectivity index (χ2n) is 5.12. The van der Waals surface area contributed by atoms with Gasteiger partial charge in [-0.15, -0.1) is 0 Å². The van der Waals surface area contributed by atoms with Crippen LogP contribution in [0.15, 0.2) is 12.1 Å². The van der Waals surface area contributed by atoms with Gasteiger partial charge in [0.1, 0.15) is 5.75 Å². The smallest absolute Gasteiger partial charge is 0.231 e. The van der Waals surface area contributed by atoms with Crippen LogP contribution >= 0.6 is 0 Å². The third-order valence-electron chi connectivity index (χ3n) is 4.03. The van der Waals surface area contributed by atoms with Crippen LogP contribution in [0.1, 0.15) is 17.5 Å². The first-order valence-electron chi connectivity index (χ1n) is 6.68. The normalized spacial score (nSPS) is 18.4. The molecule has 1 heterocycles. The molecule has 0 radical (unpaired) electrons. The van der Waals surface area contributed by atoms with E-state index in [9.17, 15) is 4.79 Å². The highest BCUT2D eigenvalue weighted by Gasteiger charge is 2.26. The van der Waals surface area contributed by atoms with Crippen LogP contribution in [0.2, 0.25) is 0 Å². The van der Waals surface area contributed by atoms with E-state index in [1.807, 2.05) is 33.0 Å². The Morgan fingerprint density at radius 1 is 1.37 bits per heavy atom. The second kappa shape index (κ2) is 5.61. The molecule has 0 saturated carbocycles. The van der Waals surface area contributed by atoms with Crippen LogP contribution in [0, 0.1) is 19.8 Å². The molecule has 1 amide bonds. The molecule has 1 aromatic rings. The van der Waals surface area contributed by atoms with E-state index in [4.69, 9.17) is 4.74 Å². The minimum Gasteiger partial charge on any atom is -0.496 e.